The van der Waals surface area contributed by atoms with Crippen LogP contribution < -0.4 is 4.90 Å². The zero-order valence-corrected chi connectivity index (χ0v) is 12.0. The van der Waals surface area contributed by atoms with Gasteiger partial charge in [-0.1, -0.05) is 24.3 Å². The molecule has 0 aliphatic carbocycles. The number of hydrogen-bond donors (Lipinski definition) is 1. The largest absolute Gasteiger partial charge is 0.393 e. The fraction of sp³-hybridized carbons (Fsp3) is 0.333. The summed E-state index contributed by atoms with van der Waals surface area (Å²) < 4.78 is 12.9. The summed E-state index contributed by atoms with van der Waals surface area (Å²) in [7, 11) is 0. The zero-order chi connectivity index (χ0) is 14.7. The van der Waals surface area contributed by atoms with Gasteiger partial charge in [0.25, 0.3) is 0 Å². The molecule has 2 aromatic carbocycles. The van der Waals surface area contributed by atoms with Gasteiger partial charge >= 0.3 is 0 Å². The zero-order valence-electron chi connectivity index (χ0n) is 12.0. The van der Waals surface area contributed by atoms with E-state index in [1.165, 1.54) is 23.4 Å². The molecule has 0 unspecified atom stereocenters. The fourth-order valence-electron chi connectivity index (χ4n) is 2.79. The predicted molar refractivity (Wildman–Crippen MR) is 83.1 cm³/mol. The van der Waals surface area contributed by atoms with E-state index in [2.05, 4.69) is 29.2 Å². The van der Waals surface area contributed by atoms with Crippen molar-refractivity contribution in [3.63, 3.8) is 0 Å². The quantitative estimate of drug-likeness (QED) is 0.934. The van der Waals surface area contributed by atoms with Crippen LogP contribution in [0.3, 0.4) is 0 Å². The van der Waals surface area contributed by atoms with Crippen molar-refractivity contribution in [2.24, 2.45) is 0 Å². The van der Waals surface area contributed by atoms with E-state index in [9.17, 15) is 9.50 Å². The molecule has 110 valence electrons. The number of aliphatic hydroxyl groups is 1. The Bertz CT molecular complexity index is 571. The minimum Gasteiger partial charge on any atom is -0.393 e. The standard InChI is InChI=1S/C18H20FNO/c19-16-5-1-14(2-6-16)13-15-3-7-17(8-4-15)20-11-9-18(21)10-12-20/h1-8,18,21H,9-13H2. The van der Waals surface area contributed by atoms with Crippen molar-refractivity contribution in [1.82, 2.24) is 0 Å². The SMILES string of the molecule is OC1CCN(c2ccc(Cc3ccc(F)cc3)cc2)CC1. The van der Waals surface area contributed by atoms with Crippen LogP contribution in [-0.2, 0) is 6.42 Å². The summed E-state index contributed by atoms with van der Waals surface area (Å²) in [5.41, 5.74) is 3.55. The number of nitrogens with zero attached hydrogens (tertiary/aromatic N) is 1. The first-order valence-electron chi connectivity index (χ1n) is 7.47. The van der Waals surface area contributed by atoms with Gasteiger partial charge in [-0.3, -0.25) is 0 Å². The van der Waals surface area contributed by atoms with Crippen molar-refractivity contribution in [1.29, 1.82) is 0 Å². The fourth-order valence-corrected chi connectivity index (χ4v) is 2.79. The second-order valence-corrected chi connectivity index (χ2v) is 5.69. The maximum absolute atomic E-state index is 12.9. The second-order valence-electron chi connectivity index (χ2n) is 5.69. The van der Waals surface area contributed by atoms with Gasteiger partial charge in [0.2, 0.25) is 0 Å². The van der Waals surface area contributed by atoms with Crippen molar-refractivity contribution in [2.45, 2.75) is 25.4 Å². The first-order chi connectivity index (χ1) is 10.2. The Kier molecular flexibility index (Phi) is 4.20. The molecule has 3 heteroatoms. The lowest BCUT2D eigenvalue weighted by atomic mass is 10.0. The second kappa shape index (κ2) is 6.27. The van der Waals surface area contributed by atoms with Gasteiger partial charge in [0, 0.05) is 18.8 Å². The molecule has 3 rings (SSSR count). The minimum absolute atomic E-state index is 0.140. The molecule has 0 aromatic heterocycles. The number of hydrogen-bond acceptors (Lipinski definition) is 2. The van der Waals surface area contributed by atoms with E-state index in [1.54, 1.807) is 0 Å². The average Bonchev–Trinajstić information content (AvgIpc) is 2.51. The summed E-state index contributed by atoms with van der Waals surface area (Å²) in [5.74, 6) is -0.193. The highest BCUT2D eigenvalue weighted by Crippen LogP contribution is 2.21. The predicted octanol–water partition coefficient (Wildman–Crippen LogP) is 3.38. The molecule has 1 N–H and O–H groups in total. The smallest absolute Gasteiger partial charge is 0.123 e. The van der Waals surface area contributed by atoms with Gasteiger partial charge in [-0.2, -0.15) is 0 Å². The molecule has 2 aromatic rings. The van der Waals surface area contributed by atoms with Crippen LogP contribution in [0.15, 0.2) is 48.5 Å². The van der Waals surface area contributed by atoms with Crippen LogP contribution in [0.1, 0.15) is 24.0 Å². The molecule has 21 heavy (non-hydrogen) atoms. The van der Waals surface area contributed by atoms with Crippen LogP contribution in [0.25, 0.3) is 0 Å². The molecule has 1 aliphatic rings. The van der Waals surface area contributed by atoms with E-state index >= 15 is 0 Å². The van der Waals surface area contributed by atoms with Crippen molar-refractivity contribution >= 4 is 5.69 Å². The van der Waals surface area contributed by atoms with E-state index in [0.717, 1.165) is 37.9 Å². The summed E-state index contributed by atoms with van der Waals surface area (Å²) >= 11 is 0. The Hall–Kier alpha value is -1.87. The lowest BCUT2D eigenvalue weighted by molar-refractivity contribution is 0.145. The number of aliphatic hydroxyl groups excluding tert-OH is 1. The van der Waals surface area contributed by atoms with Gasteiger partial charge in [-0.05, 0) is 54.7 Å². The van der Waals surface area contributed by atoms with Crippen molar-refractivity contribution in [3.8, 4) is 0 Å². The first-order valence-corrected chi connectivity index (χ1v) is 7.47. The van der Waals surface area contributed by atoms with Gasteiger partial charge in [0.1, 0.15) is 5.82 Å². The number of benzene rings is 2. The normalized spacial score (nSPS) is 16.2. The van der Waals surface area contributed by atoms with E-state index < -0.39 is 0 Å². The third-order valence-electron chi connectivity index (χ3n) is 4.09. The summed E-state index contributed by atoms with van der Waals surface area (Å²) in [6.07, 6.45) is 2.37. The maximum atomic E-state index is 12.9. The van der Waals surface area contributed by atoms with Crippen LogP contribution in [-0.4, -0.2) is 24.3 Å². The van der Waals surface area contributed by atoms with Crippen LogP contribution >= 0.6 is 0 Å². The highest BCUT2D eigenvalue weighted by Gasteiger charge is 2.16. The summed E-state index contributed by atoms with van der Waals surface area (Å²) in [6, 6.07) is 15.2. The van der Waals surface area contributed by atoms with Gasteiger partial charge in [0.05, 0.1) is 6.10 Å². The summed E-state index contributed by atoms with van der Waals surface area (Å²) in [5, 5.41) is 9.55. The lowest BCUT2D eigenvalue weighted by Gasteiger charge is -2.31. The van der Waals surface area contributed by atoms with Crippen molar-refractivity contribution in [2.75, 3.05) is 18.0 Å². The van der Waals surface area contributed by atoms with E-state index in [0.29, 0.717) is 0 Å². The highest BCUT2D eigenvalue weighted by atomic mass is 19.1. The molecule has 1 saturated heterocycles. The van der Waals surface area contributed by atoms with Gasteiger partial charge in [-0.15, -0.1) is 0 Å². The molecule has 0 radical (unpaired) electrons. The molecule has 0 atom stereocenters. The Balaban J connectivity index is 1.65. The number of piperidine rings is 1. The van der Waals surface area contributed by atoms with Gasteiger partial charge in [-0.25, -0.2) is 4.39 Å². The van der Waals surface area contributed by atoms with Gasteiger partial charge in [0.15, 0.2) is 0 Å². The number of halogens is 1. The van der Waals surface area contributed by atoms with Crippen LogP contribution in [0.4, 0.5) is 10.1 Å². The number of rotatable bonds is 3. The van der Waals surface area contributed by atoms with Crippen LogP contribution in [0, 0.1) is 5.82 Å². The molecular weight excluding hydrogens is 265 g/mol. The Labute approximate surface area is 124 Å². The maximum Gasteiger partial charge on any atom is 0.123 e. The van der Waals surface area contributed by atoms with Crippen LogP contribution in [0.2, 0.25) is 0 Å². The van der Waals surface area contributed by atoms with E-state index in [-0.39, 0.29) is 11.9 Å². The Morgan fingerprint density at radius 3 is 2.00 bits per heavy atom. The molecule has 2 nitrogen and oxygen atoms in total. The minimum atomic E-state index is -0.193. The highest BCUT2D eigenvalue weighted by molar-refractivity contribution is 5.48. The molecule has 0 spiro atoms. The third-order valence-corrected chi connectivity index (χ3v) is 4.09. The van der Waals surface area contributed by atoms with Crippen molar-refractivity contribution < 1.29 is 9.50 Å². The third kappa shape index (κ3) is 3.61. The summed E-state index contributed by atoms with van der Waals surface area (Å²) in [4.78, 5) is 2.31. The molecular formula is C18H20FNO. The Morgan fingerprint density at radius 2 is 1.43 bits per heavy atom. The molecule has 1 aliphatic heterocycles. The molecule has 0 amide bonds. The first kappa shape index (κ1) is 14.1. The van der Waals surface area contributed by atoms with Gasteiger partial charge < -0.3 is 10.0 Å². The van der Waals surface area contributed by atoms with Crippen molar-refractivity contribution in [3.05, 3.63) is 65.5 Å². The van der Waals surface area contributed by atoms with E-state index in [4.69, 9.17) is 0 Å². The van der Waals surface area contributed by atoms with Crippen LogP contribution in [0.5, 0.6) is 0 Å². The molecule has 1 fully saturated rings. The molecule has 0 saturated carbocycles. The molecule has 0 bridgehead atoms. The monoisotopic (exact) mass is 285 g/mol. The van der Waals surface area contributed by atoms with E-state index in [1.807, 2.05) is 12.1 Å². The lowest BCUT2D eigenvalue weighted by Crippen LogP contribution is -2.35. The summed E-state index contributed by atoms with van der Waals surface area (Å²) in [6.45, 7) is 1.83. The molecule has 1 heterocycles. The Morgan fingerprint density at radius 1 is 0.905 bits per heavy atom. The number of anilines is 1. The topological polar surface area (TPSA) is 23.5 Å². The average molecular weight is 285 g/mol.